The number of esters is 1. The van der Waals surface area contributed by atoms with Gasteiger partial charge in [-0.05, 0) is 18.6 Å². The molecule has 0 radical (unpaired) electrons. The number of para-hydroxylation sites is 1. The summed E-state index contributed by atoms with van der Waals surface area (Å²) in [4.78, 5) is 12.6. The average Bonchev–Trinajstić information content (AvgIpc) is 2.53. The molecular formula is C21H36NO2+. The minimum Gasteiger partial charge on any atom is -0.422 e. The van der Waals surface area contributed by atoms with E-state index in [9.17, 15) is 4.79 Å². The summed E-state index contributed by atoms with van der Waals surface area (Å²) in [5.41, 5.74) is 0. The molecule has 0 fully saturated rings. The van der Waals surface area contributed by atoms with Crippen molar-refractivity contribution in [1.29, 1.82) is 0 Å². The van der Waals surface area contributed by atoms with Crippen LogP contribution in [-0.4, -0.2) is 37.6 Å². The molecule has 0 aromatic heterocycles. The number of rotatable bonds is 12. The van der Waals surface area contributed by atoms with Crippen molar-refractivity contribution in [2.75, 3.05) is 21.1 Å². The summed E-state index contributed by atoms with van der Waals surface area (Å²) in [5, 5.41) is 0. The van der Waals surface area contributed by atoms with Gasteiger partial charge in [0.15, 0.2) is 6.04 Å². The van der Waals surface area contributed by atoms with Gasteiger partial charge in [-0.15, -0.1) is 0 Å². The van der Waals surface area contributed by atoms with E-state index >= 15 is 0 Å². The van der Waals surface area contributed by atoms with Crippen molar-refractivity contribution in [3.63, 3.8) is 0 Å². The maximum atomic E-state index is 12.6. The molecule has 1 atom stereocenters. The fourth-order valence-corrected chi connectivity index (χ4v) is 2.97. The molecule has 136 valence electrons. The van der Waals surface area contributed by atoms with Gasteiger partial charge in [-0.25, -0.2) is 4.79 Å². The number of unbranched alkanes of at least 4 members (excludes halogenated alkanes) is 7. The third-order valence-corrected chi connectivity index (χ3v) is 4.50. The molecule has 1 aromatic carbocycles. The Labute approximate surface area is 148 Å². The quantitative estimate of drug-likeness (QED) is 0.227. The van der Waals surface area contributed by atoms with Gasteiger partial charge in [-0.3, -0.25) is 0 Å². The van der Waals surface area contributed by atoms with E-state index < -0.39 is 0 Å². The number of ether oxygens (including phenoxy) is 1. The van der Waals surface area contributed by atoms with Gasteiger partial charge in [0.05, 0.1) is 21.1 Å². The van der Waals surface area contributed by atoms with Crippen molar-refractivity contribution in [2.24, 2.45) is 0 Å². The molecule has 0 aliphatic carbocycles. The fourth-order valence-electron chi connectivity index (χ4n) is 2.97. The maximum Gasteiger partial charge on any atom is 0.370 e. The number of likely N-dealkylation sites (N-methyl/N-ethyl adjacent to an activating group) is 1. The minimum atomic E-state index is -0.114. The number of hydrogen-bond donors (Lipinski definition) is 0. The molecule has 0 amide bonds. The van der Waals surface area contributed by atoms with Gasteiger partial charge in [0.25, 0.3) is 0 Å². The zero-order valence-corrected chi connectivity index (χ0v) is 16.1. The van der Waals surface area contributed by atoms with Crippen LogP contribution in [0.1, 0.15) is 64.7 Å². The molecule has 0 unspecified atom stereocenters. The zero-order chi connectivity index (χ0) is 17.8. The number of carbonyl (C=O) groups excluding carboxylic acids is 1. The lowest BCUT2D eigenvalue weighted by Gasteiger charge is -2.32. The Balaban J connectivity index is 2.36. The van der Waals surface area contributed by atoms with Crippen LogP contribution in [0.4, 0.5) is 0 Å². The fraction of sp³-hybridized carbons (Fsp3) is 0.667. The summed E-state index contributed by atoms with van der Waals surface area (Å²) in [6, 6.07) is 9.27. The second-order valence-electron chi connectivity index (χ2n) is 7.63. The molecule has 0 saturated heterocycles. The van der Waals surface area contributed by atoms with Crippen LogP contribution in [-0.2, 0) is 4.79 Å². The predicted octanol–water partition coefficient (Wildman–Crippen LogP) is 5.20. The van der Waals surface area contributed by atoms with Gasteiger partial charge in [0.2, 0.25) is 0 Å². The lowest BCUT2D eigenvalue weighted by Crippen LogP contribution is -2.51. The molecule has 0 spiro atoms. The Morgan fingerprint density at radius 2 is 1.46 bits per heavy atom. The highest BCUT2D eigenvalue weighted by Crippen LogP contribution is 2.18. The summed E-state index contributed by atoms with van der Waals surface area (Å²) in [6.45, 7) is 2.25. The topological polar surface area (TPSA) is 26.3 Å². The van der Waals surface area contributed by atoms with Gasteiger partial charge >= 0.3 is 5.97 Å². The summed E-state index contributed by atoms with van der Waals surface area (Å²) in [6.07, 6.45) is 11.2. The Morgan fingerprint density at radius 1 is 0.917 bits per heavy atom. The molecule has 3 nitrogen and oxygen atoms in total. The molecular weight excluding hydrogens is 298 g/mol. The molecule has 24 heavy (non-hydrogen) atoms. The van der Waals surface area contributed by atoms with E-state index in [-0.39, 0.29) is 12.0 Å². The molecule has 0 heterocycles. The summed E-state index contributed by atoms with van der Waals surface area (Å²) < 4.78 is 6.18. The SMILES string of the molecule is CCCCCCCCCC[C@H](C(=O)Oc1ccccc1)[N+](C)(C)C. The second kappa shape index (κ2) is 11.2. The third-order valence-electron chi connectivity index (χ3n) is 4.50. The molecule has 0 bridgehead atoms. The Hall–Kier alpha value is -1.35. The Kier molecular flexibility index (Phi) is 9.70. The minimum absolute atomic E-state index is 0.106. The number of quaternary nitrogens is 1. The normalized spacial score (nSPS) is 12.8. The first-order chi connectivity index (χ1) is 11.4. The van der Waals surface area contributed by atoms with E-state index in [4.69, 9.17) is 4.74 Å². The van der Waals surface area contributed by atoms with Gasteiger partial charge in [0.1, 0.15) is 5.75 Å². The third kappa shape index (κ3) is 8.49. The van der Waals surface area contributed by atoms with Crippen LogP contribution in [0.15, 0.2) is 30.3 Å². The first-order valence-electron chi connectivity index (χ1n) is 9.53. The molecule has 1 aromatic rings. The Morgan fingerprint density at radius 3 is 2.00 bits per heavy atom. The Bertz CT molecular complexity index is 451. The van der Waals surface area contributed by atoms with Crippen LogP contribution in [0, 0.1) is 0 Å². The largest absolute Gasteiger partial charge is 0.422 e. The second-order valence-corrected chi connectivity index (χ2v) is 7.63. The smallest absolute Gasteiger partial charge is 0.370 e. The highest BCUT2D eigenvalue weighted by Gasteiger charge is 2.32. The summed E-state index contributed by atoms with van der Waals surface area (Å²) in [5.74, 6) is 0.522. The van der Waals surface area contributed by atoms with Crippen molar-refractivity contribution in [1.82, 2.24) is 0 Å². The van der Waals surface area contributed by atoms with E-state index in [1.54, 1.807) is 0 Å². The highest BCUT2D eigenvalue weighted by molar-refractivity contribution is 5.77. The summed E-state index contributed by atoms with van der Waals surface area (Å²) >= 11 is 0. The van der Waals surface area contributed by atoms with Crippen LogP contribution >= 0.6 is 0 Å². The van der Waals surface area contributed by atoms with Crippen LogP contribution in [0.2, 0.25) is 0 Å². The first kappa shape index (κ1) is 20.7. The van der Waals surface area contributed by atoms with Gasteiger partial charge < -0.3 is 9.22 Å². The van der Waals surface area contributed by atoms with Gasteiger partial charge in [-0.2, -0.15) is 0 Å². The lowest BCUT2D eigenvalue weighted by molar-refractivity contribution is -0.887. The molecule has 0 N–H and O–H groups in total. The van der Waals surface area contributed by atoms with Crippen LogP contribution in [0.3, 0.4) is 0 Å². The van der Waals surface area contributed by atoms with Crippen molar-refractivity contribution >= 4 is 5.97 Å². The lowest BCUT2D eigenvalue weighted by atomic mass is 10.0. The van der Waals surface area contributed by atoms with Crippen molar-refractivity contribution in [3.05, 3.63) is 30.3 Å². The molecule has 0 saturated carbocycles. The van der Waals surface area contributed by atoms with Crippen LogP contribution in [0.5, 0.6) is 5.75 Å². The summed E-state index contributed by atoms with van der Waals surface area (Å²) in [7, 11) is 6.21. The number of benzene rings is 1. The number of carbonyl (C=O) groups is 1. The van der Waals surface area contributed by atoms with Crippen molar-refractivity contribution < 1.29 is 14.0 Å². The zero-order valence-electron chi connectivity index (χ0n) is 16.1. The van der Waals surface area contributed by atoms with E-state index in [2.05, 4.69) is 28.1 Å². The van der Waals surface area contributed by atoms with Gasteiger partial charge in [0, 0.05) is 6.42 Å². The molecule has 3 heteroatoms. The molecule has 0 aliphatic heterocycles. The number of nitrogens with zero attached hydrogens (tertiary/aromatic N) is 1. The highest BCUT2D eigenvalue weighted by atomic mass is 16.5. The monoisotopic (exact) mass is 334 g/mol. The van der Waals surface area contributed by atoms with Crippen molar-refractivity contribution in [3.8, 4) is 5.75 Å². The first-order valence-corrected chi connectivity index (χ1v) is 9.53. The number of hydrogen-bond acceptors (Lipinski definition) is 2. The predicted molar refractivity (Wildman–Crippen MR) is 101 cm³/mol. The molecule has 0 aliphatic rings. The van der Waals surface area contributed by atoms with Gasteiger partial charge in [-0.1, -0.05) is 70.1 Å². The van der Waals surface area contributed by atoms with Crippen molar-refractivity contribution in [2.45, 2.75) is 70.8 Å². The average molecular weight is 335 g/mol. The van der Waals surface area contributed by atoms with E-state index in [0.29, 0.717) is 10.2 Å². The van der Waals surface area contributed by atoms with E-state index in [1.165, 1.54) is 44.9 Å². The van der Waals surface area contributed by atoms with Crippen LogP contribution < -0.4 is 4.74 Å². The molecule has 1 rings (SSSR count). The van der Waals surface area contributed by atoms with Crippen LogP contribution in [0.25, 0.3) is 0 Å². The standard InChI is InChI=1S/C21H36NO2/c1-5-6-7-8-9-10-11-15-18-20(22(2,3)4)21(23)24-19-16-13-12-14-17-19/h12-14,16-17,20H,5-11,15,18H2,1-4H3/q+1/t20-/m1/s1. The van der Waals surface area contributed by atoms with E-state index in [0.717, 1.165) is 12.8 Å². The maximum absolute atomic E-state index is 12.6. The van der Waals surface area contributed by atoms with E-state index in [1.807, 2.05) is 30.3 Å².